The van der Waals surface area contributed by atoms with Gasteiger partial charge in [-0.1, -0.05) is 0 Å². The molecular formula is C16H21F2N3O2. The summed E-state index contributed by atoms with van der Waals surface area (Å²) in [5.74, 6) is -1.28. The van der Waals surface area contributed by atoms with Crippen LogP contribution in [-0.4, -0.2) is 41.3 Å². The van der Waals surface area contributed by atoms with Gasteiger partial charge in [-0.05, 0) is 26.0 Å². The minimum absolute atomic E-state index is 0.206. The summed E-state index contributed by atoms with van der Waals surface area (Å²) in [6.07, 6.45) is -0.592. The highest BCUT2D eigenvalue weighted by molar-refractivity contribution is 5.38. The van der Waals surface area contributed by atoms with Gasteiger partial charge in [0.15, 0.2) is 5.82 Å². The first-order chi connectivity index (χ1) is 10.9. The van der Waals surface area contributed by atoms with Crippen molar-refractivity contribution in [3.05, 3.63) is 46.8 Å². The molecular weight excluding hydrogens is 304 g/mol. The van der Waals surface area contributed by atoms with Crippen LogP contribution < -0.4 is 5.32 Å². The number of aliphatic hydroxyl groups excluding tert-OH is 1. The lowest BCUT2D eigenvalue weighted by Gasteiger charge is -2.11. The molecule has 2 aromatic rings. The quantitative estimate of drug-likeness (QED) is 0.816. The third-order valence-electron chi connectivity index (χ3n) is 3.62. The zero-order valence-electron chi connectivity index (χ0n) is 13.4. The predicted octanol–water partition coefficient (Wildman–Crippen LogP) is 1.86. The number of benzene rings is 1. The molecule has 0 aliphatic rings. The first kappa shape index (κ1) is 17.5. The third-order valence-corrected chi connectivity index (χ3v) is 3.62. The first-order valence-corrected chi connectivity index (χ1v) is 7.32. The van der Waals surface area contributed by atoms with E-state index in [1.165, 1.54) is 23.9 Å². The van der Waals surface area contributed by atoms with Crippen molar-refractivity contribution in [3.8, 4) is 5.69 Å². The van der Waals surface area contributed by atoms with Gasteiger partial charge < -0.3 is 15.2 Å². The number of aryl methyl sites for hydroxylation is 1. The van der Waals surface area contributed by atoms with E-state index in [1.807, 2.05) is 13.8 Å². The molecule has 0 aliphatic heterocycles. The van der Waals surface area contributed by atoms with Gasteiger partial charge in [0.2, 0.25) is 0 Å². The number of hydrogen-bond acceptors (Lipinski definition) is 4. The fraction of sp³-hybridized carbons (Fsp3) is 0.438. The summed E-state index contributed by atoms with van der Waals surface area (Å²) < 4.78 is 33.3. The van der Waals surface area contributed by atoms with E-state index in [0.717, 1.165) is 23.0 Å². The third kappa shape index (κ3) is 4.13. The van der Waals surface area contributed by atoms with Crippen molar-refractivity contribution in [2.24, 2.45) is 0 Å². The van der Waals surface area contributed by atoms with Crippen molar-refractivity contribution in [2.75, 3.05) is 20.3 Å². The van der Waals surface area contributed by atoms with Gasteiger partial charge in [-0.3, -0.25) is 0 Å². The summed E-state index contributed by atoms with van der Waals surface area (Å²) in [5, 5.41) is 17.1. The summed E-state index contributed by atoms with van der Waals surface area (Å²) in [6, 6.07) is 3.41. The van der Waals surface area contributed by atoms with E-state index in [1.54, 1.807) is 0 Å². The van der Waals surface area contributed by atoms with Crippen LogP contribution in [-0.2, 0) is 11.3 Å². The zero-order valence-corrected chi connectivity index (χ0v) is 13.4. The Hall–Kier alpha value is -1.83. The number of halogens is 2. The molecule has 0 aliphatic carbocycles. The SMILES string of the molecule is COCC(O)CNCc1c(C)nn(-c2ccc(F)cc2F)c1C. The van der Waals surface area contributed by atoms with Gasteiger partial charge in [0.1, 0.15) is 11.5 Å². The molecule has 2 N–H and O–H groups in total. The van der Waals surface area contributed by atoms with Crippen LogP contribution in [0.1, 0.15) is 17.0 Å². The van der Waals surface area contributed by atoms with Crippen LogP contribution >= 0.6 is 0 Å². The molecule has 0 radical (unpaired) electrons. The molecule has 0 saturated heterocycles. The highest BCUT2D eigenvalue weighted by atomic mass is 19.1. The number of methoxy groups -OCH3 is 1. The minimum atomic E-state index is -0.661. The smallest absolute Gasteiger partial charge is 0.151 e. The molecule has 7 heteroatoms. The van der Waals surface area contributed by atoms with Gasteiger partial charge in [-0.2, -0.15) is 5.10 Å². The fourth-order valence-electron chi connectivity index (χ4n) is 2.43. The topological polar surface area (TPSA) is 59.3 Å². The van der Waals surface area contributed by atoms with Gasteiger partial charge in [0.05, 0.1) is 18.4 Å². The van der Waals surface area contributed by atoms with Gasteiger partial charge in [-0.25, -0.2) is 13.5 Å². The maximum Gasteiger partial charge on any atom is 0.151 e. The number of hydrogen-bond donors (Lipinski definition) is 2. The molecule has 1 atom stereocenters. The monoisotopic (exact) mass is 325 g/mol. The molecule has 0 spiro atoms. The highest BCUT2D eigenvalue weighted by Crippen LogP contribution is 2.20. The van der Waals surface area contributed by atoms with Gasteiger partial charge in [-0.15, -0.1) is 0 Å². The predicted molar refractivity (Wildman–Crippen MR) is 82.5 cm³/mol. The van der Waals surface area contributed by atoms with E-state index in [0.29, 0.717) is 13.1 Å². The summed E-state index contributed by atoms with van der Waals surface area (Å²) >= 11 is 0. The van der Waals surface area contributed by atoms with E-state index in [9.17, 15) is 13.9 Å². The molecule has 0 bridgehead atoms. The van der Waals surface area contributed by atoms with Crippen LogP contribution in [0.2, 0.25) is 0 Å². The summed E-state index contributed by atoms with van der Waals surface area (Å²) in [4.78, 5) is 0. The van der Waals surface area contributed by atoms with Crippen molar-refractivity contribution >= 4 is 0 Å². The van der Waals surface area contributed by atoms with Gasteiger partial charge >= 0.3 is 0 Å². The number of ether oxygens (including phenoxy) is 1. The van der Waals surface area contributed by atoms with Crippen LogP contribution in [0.4, 0.5) is 8.78 Å². The molecule has 0 saturated carbocycles. The van der Waals surface area contributed by atoms with Crippen LogP contribution in [0.3, 0.4) is 0 Å². The summed E-state index contributed by atoms with van der Waals surface area (Å²) in [6.45, 7) is 4.77. The fourth-order valence-corrected chi connectivity index (χ4v) is 2.43. The Kier molecular flexibility index (Phi) is 5.81. The largest absolute Gasteiger partial charge is 0.389 e. The number of nitrogens with zero attached hydrogens (tertiary/aromatic N) is 2. The molecule has 1 heterocycles. The normalized spacial score (nSPS) is 12.6. The minimum Gasteiger partial charge on any atom is -0.389 e. The van der Waals surface area contributed by atoms with Crippen molar-refractivity contribution in [1.82, 2.24) is 15.1 Å². The Balaban J connectivity index is 2.16. The molecule has 23 heavy (non-hydrogen) atoms. The molecule has 1 aromatic heterocycles. The van der Waals surface area contributed by atoms with E-state index in [2.05, 4.69) is 10.4 Å². The van der Waals surface area contributed by atoms with Crippen LogP contribution in [0.15, 0.2) is 18.2 Å². The lowest BCUT2D eigenvalue weighted by Crippen LogP contribution is -2.29. The number of nitrogens with one attached hydrogen (secondary N) is 1. The second kappa shape index (κ2) is 7.63. The van der Waals surface area contributed by atoms with Crippen molar-refractivity contribution in [1.29, 1.82) is 0 Å². The number of rotatable bonds is 7. The van der Waals surface area contributed by atoms with Crippen molar-refractivity contribution in [3.63, 3.8) is 0 Å². The Morgan fingerprint density at radius 2 is 2.09 bits per heavy atom. The molecule has 5 nitrogen and oxygen atoms in total. The summed E-state index contributed by atoms with van der Waals surface area (Å²) in [5.41, 5.74) is 2.64. The Labute approximate surface area is 133 Å². The van der Waals surface area contributed by atoms with Crippen LogP contribution in [0.5, 0.6) is 0 Å². The molecule has 126 valence electrons. The standard InChI is InChI=1S/C16H21F2N3O2/c1-10-14(8-19-7-13(22)9-23-3)11(2)21(20-10)16-5-4-12(17)6-15(16)18/h4-6,13,19,22H,7-9H2,1-3H3. The molecule has 2 rings (SSSR count). The molecule has 1 aromatic carbocycles. The Morgan fingerprint density at radius 3 is 2.74 bits per heavy atom. The molecule has 1 unspecified atom stereocenters. The van der Waals surface area contributed by atoms with E-state index >= 15 is 0 Å². The van der Waals surface area contributed by atoms with Crippen molar-refractivity contribution in [2.45, 2.75) is 26.5 Å². The van der Waals surface area contributed by atoms with E-state index < -0.39 is 17.7 Å². The second-order valence-corrected chi connectivity index (χ2v) is 5.40. The van der Waals surface area contributed by atoms with Crippen molar-refractivity contribution < 1.29 is 18.6 Å². The molecule has 0 fully saturated rings. The average Bonchev–Trinajstić information content (AvgIpc) is 2.75. The van der Waals surface area contributed by atoms with Gasteiger partial charge in [0.25, 0.3) is 0 Å². The van der Waals surface area contributed by atoms with Gasteiger partial charge in [0, 0.05) is 37.5 Å². The molecule has 0 amide bonds. The van der Waals surface area contributed by atoms with E-state index in [4.69, 9.17) is 4.74 Å². The highest BCUT2D eigenvalue weighted by Gasteiger charge is 2.16. The lowest BCUT2D eigenvalue weighted by atomic mass is 10.2. The second-order valence-electron chi connectivity index (χ2n) is 5.40. The maximum absolute atomic E-state index is 13.9. The van der Waals surface area contributed by atoms with Crippen LogP contribution in [0.25, 0.3) is 5.69 Å². The first-order valence-electron chi connectivity index (χ1n) is 7.32. The van der Waals surface area contributed by atoms with E-state index in [-0.39, 0.29) is 12.3 Å². The Morgan fingerprint density at radius 1 is 1.35 bits per heavy atom. The number of aliphatic hydroxyl groups is 1. The zero-order chi connectivity index (χ0) is 17.0. The average molecular weight is 325 g/mol. The summed E-state index contributed by atoms with van der Waals surface area (Å²) in [7, 11) is 1.53. The lowest BCUT2D eigenvalue weighted by molar-refractivity contribution is 0.0644. The maximum atomic E-state index is 13.9. The van der Waals surface area contributed by atoms with Crippen LogP contribution in [0, 0.1) is 25.5 Å². The number of aromatic nitrogens is 2. The Bertz CT molecular complexity index is 674.